The first-order chi connectivity index (χ1) is 7.58. The number of carboxylic acids is 1. The second kappa shape index (κ2) is 4.25. The normalized spacial score (nSPS) is 17.4. The van der Waals surface area contributed by atoms with Crippen molar-refractivity contribution in [3.05, 3.63) is 17.5 Å². The molecule has 0 spiro atoms. The number of hydrogen-bond donors (Lipinski definition) is 2. The molecular weight excluding hydrogens is 206 g/mol. The van der Waals surface area contributed by atoms with Crippen molar-refractivity contribution >= 4 is 5.97 Å². The number of hydrogen-bond acceptors (Lipinski definition) is 3. The summed E-state index contributed by atoms with van der Waals surface area (Å²) in [6.07, 6.45) is 3.97. The van der Waals surface area contributed by atoms with Gasteiger partial charge < -0.3 is 5.11 Å². The molecule has 5 nitrogen and oxygen atoms in total. The third kappa shape index (κ3) is 2.41. The highest BCUT2D eigenvalue weighted by Gasteiger charge is 2.35. The molecule has 16 heavy (non-hydrogen) atoms. The number of carbonyl (C=O) groups is 1. The molecule has 1 unspecified atom stereocenters. The van der Waals surface area contributed by atoms with Gasteiger partial charge >= 0.3 is 5.97 Å². The maximum absolute atomic E-state index is 11.0. The van der Waals surface area contributed by atoms with Gasteiger partial charge in [0.25, 0.3) is 0 Å². The van der Waals surface area contributed by atoms with Gasteiger partial charge in [0.15, 0.2) is 0 Å². The maximum Gasteiger partial charge on any atom is 0.320 e. The first-order valence-corrected chi connectivity index (χ1v) is 5.53. The third-order valence-electron chi connectivity index (χ3n) is 2.99. The van der Waals surface area contributed by atoms with Crippen LogP contribution >= 0.6 is 0 Å². The molecule has 1 aliphatic carbocycles. The molecule has 1 aromatic rings. The first-order valence-electron chi connectivity index (χ1n) is 5.53. The van der Waals surface area contributed by atoms with Crippen LogP contribution in [0.3, 0.4) is 0 Å². The standard InChI is InChI=1S/C11H17N3O2/c1-7-9(6-14(2)13-7)5-12-10(11(15)16)8-3-4-8/h6,8,10,12H,3-5H2,1-2H3,(H,15,16). The minimum Gasteiger partial charge on any atom is -0.480 e. The van der Waals surface area contributed by atoms with E-state index in [9.17, 15) is 4.79 Å². The Kier molecular flexibility index (Phi) is 2.96. The molecule has 88 valence electrons. The van der Waals surface area contributed by atoms with E-state index in [1.807, 2.05) is 20.2 Å². The molecule has 0 bridgehead atoms. The summed E-state index contributed by atoms with van der Waals surface area (Å²) in [6.45, 7) is 2.51. The molecule has 1 heterocycles. The predicted octanol–water partition coefficient (Wildman–Crippen LogP) is 0.681. The highest BCUT2D eigenvalue weighted by atomic mass is 16.4. The predicted molar refractivity (Wildman–Crippen MR) is 58.9 cm³/mol. The molecule has 1 aromatic heterocycles. The summed E-state index contributed by atoms with van der Waals surface area (Å²) in [5.41, 5.74) is 2.02. The smallest absolute Gasteiger partial charge is 0.320 e. The number of aromatic nitrogens is 2. The van der Waals surface area contributed by atoms with E-state index in [0.717, 1.165) is 24.1 Å². The maximum atomic E-state index is 11.0. The van der Waals surface area contributed by atoms with Crippen molar-refractivity contribution in [2.45, 2.75) is 32.4 Å². The fourth-order valence-corrected chi connectivity index (χ4v) is 1.93. The van der Waals surface area contributed by atoms with Crippen molar-refractivity contribution in [1.29, 1.82) is 0 Å². The Labute approximate surface area is 94.5 Å². The van der Waals surface area contributed by atoms with Crippen LogP contribution in [0.15, 0.2) is 6.20 Å². The van der Waals surface area contributed by atoms with Crippen molar-refractivity contribution in [2.75, 3.05) is 0 Å². The topological polar surface area (TPSA) is 67.2 Å². The summed E-state index contributed by atoms with van der Waals surface area (Å²) < 4.78 is 1.75. The molecule has 1 saturated carbocycles. The molecule has 0 radical (unpaired) electrons. The van der Waals surface area contributed by atoms with Crippen LogP contribution in [0.2, 0.25) is 0 Å². The number of aryl methyl sites for hydroxylation is 2. The molecule has 1 aliphatic rings. The van der Waals surface area contributed by atoms with Crippen molar-refractivity contribution in [3.63, 3.8) is 0 Å². The molecule has 1 atom stereocenters. The van der Waals surface area contributed by atoms with E-state index in [1.54, 1.807) is 4.68 Å². The van der Waals surface area contributed by atoms with E-state index in [2.05, 4.69) is 10.4 Å². The Balaban J connectivity index is 1.95. The Hall–Kier alpha value is -1.36. The minimum absolute atomic E-state index is 0.314. The van der Waals surface area contributed by atoms with Gasteiger partial charge in [0.05, 0.1) is 5.69 Å². The zero-order chi connectivity index (χ0) is 11.7. The first kappa shape index (κ1) is 11.1. The SMILES string of the molecule is Cc1nn(C)cc1CNC(C(=O)O)C1CC1. The zero-order valence-electron chi connectivity index (χ0n) is 9.60. The van der Waals surface area contributed by atoms with Gasteiger partial charge in [-0.15, -0.1) is 0 Å². The third-order valence-corrected chi connectivity index (χ3v) is 2.99. The highest BCUT2D eigenvalue weighted by Crippen LogP contribution is 2.32. The Morgan fingerprint density at radius 3 is 2.88 bits per heavy atom. The quantitative estimate of drug-likeness (QED) is 0.770. The minimum atomic E-state index is -0.746. The van der Waals surface area contributed by atoms with Crippen molar-refractivity contribution in [3.8, 4) is 0 Å². The summed E-state index contributed by atoms with van der Waals surface area (Å²) in [5, 5.41) is 16.4. The van der Waals surface area contributed by atoms with Gasteiger partial charge in [-0.25, -0.2) is 0 Å². The van der Waals surface area contributed by atoms with Crippen LogP contribution in [0.1, 0.15) is 24.1 Å². The molecule has 2 rings (SSSR count). The van der Waals surface area contributed by atoms with E-state index in [-0.39, 0.29) is 0 Å². The monoisotopic (exact) mass is 223 g/mol. The van der Waals surface area contributed by atoms with Gasteiger partial charge in [-0.1, -0.05) is 0 Å². The molecule has 0 aliphatic heterocycles. The van der Waals surface area contributed by atoms with E-state index in [1.165, 1.54) is 0 Å². The van der Waals surface area contributed by atoms with Crippen LogP contribution in [0.4, 0.5) is 0 Å². The molecule has 0 saturated heterocycles. The van der Waals surface area contributed by atoms with Crippen LogP contribution in [0, 0.1) is 12.8 Å². The fourth-order valence-electron chi connectivity index (χ4n) is 1.93. The van der Waals surface area contributed by atoms with Crippen molar-refractivity contribution < 1.29 is 9.90 Å². The average Bonchev–Trinajstić information content (AvgIpc) is 2.94. The van der Waals surface area contributed by atoms with E-state index in [4.69, 9.17) is 5.11 Å². The summed E-state index contributed by atoms with van der Waals surface area (Å²) in [4.78, 5) is 11.0. The number of carboxylic acid groups (broad SMARTS) is 1. The van der Waals surface area contributed by atoms with Crippen LogP contribution in [0.5, 0.6) is 0 Å². The van der Waals surface area contributed by atoms with Crippen molar-refractivity contribution in [2.24, 2.45) is 13.0 Å². The lowest BCUT2D eigenvalue weighted by Crippen LogP contribution is -2.38. The number of aliphatic carboxylic acids is 1. The number of nitrogens with one attached hydrogen (secondary N) is 1. The van der Waals surface area contributed by atoms with Crippen LogP contribution < -0.4 is 5.32 Å². The number of rotatable bonds is 5. The lowest BCUT2D eigenvalue weighted by Gasteiger charge is -2.12. The Morgan fingerprint density at radius 2 is 2.44 bits per heavy atom. The van der Waals surface area contributed by atoms with Gasteiger partial charge in [0.1, 0.15) is 6.04 Å². The van der Waals surface area contributed by atoms with E-state index < -0.39 is 12.0 Å². The van der Waals surface area contributed by atoms with Crippen LogP contribution in [-0.4, -0.2) is 26.9 Å². The summed E-state index contributed by atoms with van der Waals surface area (Å²) in [7, 11) is 1.87. The molecule has 0 aromatic carbocycles. The fraction of sp³-hybridized carbons (Fsp3) is 0.636. The largest absolute Gasteiger partial charge is 0.480 e. The van der Waals surface area contributed by atoms with E-state index in [0.29, 0.717) is 12.5 Å². The highest BCUT2D eigenvalue weighted by molar-refractivity contribution is 5.74. The van der Waals surface area contributed by atoms with Crippen molar-refractivity contribution in [1.82, 2.24) is 15.1 Å². The summed E-state index contributed by atoms with van der Waals surface area (Å²) in [5.74, 6) is -0.432. The number of nitrogens with zero attached hydrogens (tertiary/aromatic N) is 2. The average molecular weight is 223 g/mol. The zero-order valence-corrected chi connectivity index (χ0v) is 9.60. The second-order valence-electron chi connectivity index (χ2n) is 4.45. The molecule has 2 N–H and O–H groups in total. The molecule has 5 heteroatoms. The van der Waals surface area contributed by atoms with Gasteiger partial charge in [-0.2, -0.15) is 5.10 Å². The molecular formula is C11H17N3O2. The van der Waals surface area contributed by atoms with Gasteiger partial charge in [-0.05, 0) is 25.7 Å². The Morgan fingerprint density at radius 1 is 1.75 bits per heavy atom. The summed E-state index contributed by atoms with van der Waals surface area (Å²) >= 11 is 0. The lowest BCUT2D eigenvalue weighted by molar-refractivity contribution is -0.140. The van der Waals surface area contributed by atoms with Gasteiger partial charge in [-0.3, -0.25) is 14.8 Å². The van der Waals surface area contributed by atoms with Gasteiger partial charge in [0.2, 0.25) is 0 Å². The Bertz CT molecular complexity index is 396. The van der Waals surface area contributed by atoms with E-state index >= 15 is 0 Å². The molecule has 0 amide bonds. The second-order valence-corrected chi connectivity index (χ2v) is 4.45. The lowest BCUT2D eigenvalue weighted by atomic mass is 10.1. The van der Waals surface area contributed by atoms with Gasteiger partial charge in [0, 0.05) is 25.4 Å². The summed E-state index contributed by atoms with van der Waals surface area (Å²) in [6, 6.07) is -0.403. The van der Waals surface area contributed by atoms with Crippen LogP contribution in [0.25, 0.3) is 0 Å². The molecule has 1 fully saturated rings. The van der Waals surface area contributed by atoms with Crippen LogP contribution in [-0.2, 0) is 18.4 Å².